The van der Waals surface area contributed by atoms with Crippen LogP contribution in [0.15, 0.2) is 54.9 Å². The van der Waals surface area contributed by atoms with Gasteiger partial charge in [0.1, 0.15) is 0 Å². The van der Waals surface area contributed by atoms with Crippen LogP contribution in [0.4, 0.5) is 36.2 Å². The zero-order chi connectivity index (χ0) is 25.2. The lowest BCUT2D eigenvalue weighted by atomic mass is 10.1. The van der Waals surface area contributed by atoms with Gasteiger partial charge in [-0.25, -0.2) is 9.97 Å². The summed E-state index contributed by atoms with van der Waals surface area (Å²) in [4.78, 5) is 15.6. The summed E-state index contributed by atoms with van der Waals surface area (Å²) < 4.78 is 43.9. The summed E-state index contributed by atoms with van der Waals surface area (Å²) in [5.41, 5.74) is 9.31. The second-order valence-corrected chi connectivity index (χ2v) is 8.32. The molecule has 2 aromatic carbocycles. The second-order valence-electron chi connectivity index (χ2n) is 8.32. The van der Waals surface area contributed by atoms with Crippen LogP contribution in [0.2, 0.25) is 0 Å². The number of likely N-dealkylation sites (N-methyl/N-ethyl adjacent to an activating group) is 2. The van der Waals surface area contributed by atoms with E-state index in [-0.39, 0.29) is 17.3 Å². The molecule has 35 heavy (non-hydrogen) atoms. The number of rotatable bonds is 8. The molecule has 0 fully saturated rings. The molecule has 8 nitrogen and oxygen atoms in total. The number of nitrogen functional groups attached to an aromatic ring is 1. The monoisotopic (exact) mass is 485 g/mol. The van der Waals surface area contributed by atoms with E-state index in [2.05, 4.69) is 25.0 Å². The number of hydrogen-bond donors (Lipinski definition) is 3. The molecule has 0 aliphatic heterocycles. The number of aromatic nitrogens is 3. The van der Waals surface area contributed by atoms with Crippen molar-refractivity contribution in [2.45, 2.75) is 6.36 Å². The van der Waals surface area contributed by atoms with Crippen molar-refractivity contribution in [3.05, 3.63) is 54.9 Å². The molecule has 2 aromatic heterocycles. The Labute approximate surface area is 200 Å². The SMILES string of the molecule is CN(C)CCN(C)c1cc(OC(F)(F)F)c(Nc2nccc(-c3c[nH]c4ccccc34)n2)cc1N. The van der Waals surface area contributed by atoms with Crippen LogP contribution >= 0.6 is 0 Å². The van der Waals surface area contributed by atoms with E-state index < -0.39 is 12.1 Å². The molecule has 0 spiro atoms. The van der Waals surface area contributed by atoms with Gasteiger partial charge in [0.25, 0.3) is 0 Å². The van der Waals surface area contributed by atoms with Crippen LogP contribution in [-0.2, 0) is 0 Å². The van der Waals surface area contributed by atoms with Crippen molar-refractivity contribution >= 4 is 33.9 Å². The van der Waals surface area contributed by atoms with Crippen molar-refractivity contribution < 1.29 is 17.9 Å². The quantitative estimate of drug-likeness (QED) is 0.307. The predicted molar refractivity (Wildman–Crippen MR) is 132 cm³/mol. The van der Waals surface area contributed by atoms with Crippen LogP contribution < -0.4 is 20.7 Å². The third-order valence-electron chi connectivity index (χ3n) is 5.42. The summed E-state index contributed by atoms with van der Waals surface area (Å²) in [6, 6.07) is 12.1. The fourth-order valence-corrected chi connectivity index (χ4v) is 3.67. The zero-order valence-corrected chi connectivity index (χ0v) is 19.5. The lowest BCUT2D eigenvalue weighted by Crippen LogP contribution is -2.29. The lowest BCUT2D eigenvalue weighted by molar-refractivity contribution is -0.274. The first-order valence-electron chi connectivity index (χ1n) is 10.8. The number of ether oxygens (including phenoxy) is 1. The summed E-state index contributed by atoms with van der Waals surface area (Å²) >= 11 is 0. The Morgan fingerprint density at radius 2 is 1.86 bits per heavy atom. The van der Waals surface area contributed by atoms with Crippen molar-refractivity contribution in [1.29, 1.82) is 0 Å². The first-order valence-corrected chi connectivity index (χ1v) is 10.8. The second kappa shape index (κ2) is 9.71. The van der Waals surface area contributed by atoms with Crippen molar-refractivity contribution in [1.82, 2.24) is 19.9 Å². The van der Waals surface area contributed by atoms with E-state index in [1.807, 2.05) is 49.5 Å². The summed E-state index contributed by atoms with van der Waals surface area (Å²) in [6.45, 7) is 1.26. The number of nitrogens with one attached hydrogen (secondary N) is 2. The summed E-state index contributed by atoms with van der Waals surface area (Å²) in [7, 11) is 5.58. The van der Waals surface area contributed by atoms with Gasteiger partial charge < -0.3 is 30.6 Å². The van der Waals surface area contributed by atoms with Crippen molar-refractivity contribution in [2.24, 2.45) is 0 Å². The van der Waals surface area contributed by atoms with Crippen LogP contribution in [0.1, 0.15) is 0 Å². The number of aromatic amines is 1. The van der Waals surface area contributed by atoms with E-state index in [1.165, 1.54) is 18.3 Å². The highest BCUT2D eigenvalue weighted by molar-refractivity contribution is 5.94. The van der Waals surface area contributed by atoms with Gasteiger partial charge in [0, 0.05) is 55.1 Å². The Morgan fingerprint density at radius 1 is 1.09 bits per heavy atom. The van der Waals surface area contributed by atoms with Gasteiger partial charge in [0.15, 0.2) is 5.75 Å². The largest absolute Gasteiger partial charge is 0.573 e. The zero-order valence-electron chi connectivity index (χ0n) is 19.5. The maximum Gasteiger partial charge on any atom is 0.573 e. The number of para-hydroxylation sites is 1. The molecule has 2 heterocycles. The number of anilines is 4. The minimum absolute atomic E-state index is 0.000612. The average molecular weight is 486 g/mol. The van der Waals surface area contributed by atoms with Crippen LogP contribution in [-0.4, -0.2) is 60.4 Å². The fraction of sp³-hybridized carbons (Fsp3) is 0.250. The van der Waals surface area contributed by atoms with Gasteiger partial charge in [0.2, 0.25) is 5.95 Å². The predicted octanol–water partition coefficient (Wildman–Crippen LogP) is 4.85. The lowest BCUT2D eigenvalue weighted by Gasteiger charge is -2.25. The van der Waals surface area contributed by atoms with Crippen LogP contribution in [0.25, 0.3) is 22.2 Å². The number of hydrogen-bond acceptors (Lipinski definition) is 7. The Hall–Kier alpha value is -3.99. The van der Waals surface area contributed by atoms with Crippen LogP contribution in [0.5, 0.6) is 5.75 Å². The van der Waals surface area contributed by atoms with E-state index in [9.17, 15) is 13.2 Å². The minimum Gasteiger partial charge on any atom is -0.403 e. The standard InChI is InChI=1S/C24H26F3N7O/c1-33(2)10-11-34(3)21-13-22(35-24(25,26)27)20(12-17(21)28)32-23-29-9-8-19(31-23)16-14-30-18-7-5-4-6-15(16)18/h4-9,12-14,30H,10-11,28H2,1-3H3,(H,29,31,32). The van der Waals surface area contributed by atoms with Crippen molar-refractivity contribution in [3.63, 3.8) is 0 Å². The van der Waals surface area contributed by atoms with Crippen LogP contribution in [0.3, 0.4) is 0 Å². The van der Waals surface area contributed by atoms with E-state index in [1.54, 1.807) is 18.0 Å². The molecule has 0 aliphatic carbocycles. The molecule has 0 bridgehead atoms. The maximum absolute atomic E-state index is 13.2. The highest BCUT2D eigenvalue weighted by atomic mass is 19.4. The molecule has 0 atom stereocenters. The Bertz CT molecular complexity index is 1320. The number of nitrogens with two attached hydrogens (primary N) is 1. The van der Waals surface area contributed by atoms with Gasteiger partial charge in [-0.1, -0.05) is 18.2 Å². The first-order chi connectivity index (χ1) is 16.6. The maximum atomic E-state index is 13.2. The Morgan fingerprint density at radius 3 is 2.60 bits per heavy atom. The molecule has 4 N–H and O–H groups in total. The Kier molecular flexibility index (Phi) is 6.70. The molecule has 4 aromatic rings. The third kappa shape index (κ3) is 5.75. The fourth-order valence-electron chi connectivity index (χ4n) is 3.67. The van der Waals surface area contributed by atoms with Crippen molar-refractivity contribution in [3.8, 4) is 17.0 Å². The summed E-state index contributed by atoms with van der Waals surface area (Å²) in [5.74, 6) is -0.326. The van der Waals surface area contributed by atoms with E-state index in [0.717, 1.165) is 16.5 Å². The number of alkyl halides is 3. The number of halogens is 3. The van der Waals surface area contributed by atoms with Gasteiger partial charge in [-0.15, -0.1) is 13.2 Å². The first kappa shape index (κ1) is 24.1. The highest BCUT2D eigenvalue weighted by Crippen LogP contribution is 2.39. The minimum atomic E-state index is -4.89. The molecule has 0 amide bonds. The highest BCUT2D eigenvalue weighted by Gasteiger charge is 2.33. The van der Waals surface area contributed by atoms with Gasteiger partial charge >= 0.3 is 6.36 Å². The Balaban J connectivity index is 1.67. The van der Waals surface area contributed by atoms with Gasteiger partial charge in [0.05, 0.1) is 22.8 Å². The molecule has 0 saturated heterocycles. The molecule has 0 aliphatic rings. The van der Waals surface area contributed by atoms with E-state index >= 15 is 0 Å². The average Bonchev–Trinajstić information content (AvgIpc) is 3.23. The smallest absolute Gasteiger partial charge is 0.403 e. The molecule has 0 radical (unpaired) electrons. The van der Waals surface area contributed by atoms with Crippen molar-refractivity contribution in [2.75, 3.05) is 50.2 Å². The normalized spacial score (nSPS) is 11.7. The summed E-state index contributed by atoms with van der Waals surface area (Å²) in [5, 5.41) is 3.80. The molecule has 0 unspecified atom stereocenters. The van der Waals surface area contributed by atoms with Crippen LogP contribution in [0, 0.1) is 0 Å². The number of fused-ring (bicyclic) bond motifs is 1. The number of H-pyrrole nitrogens is 1. The number of benzene rings is 2. The number of nitrogens with zero attached hydrogens (tertiary/aromatic N) is 4. The molecule has 11 heteroatoms. The van der Waals surface area contributed by atoms with E-state index in [0.29, 0.717) is 24.5 Å². The third-order valence-corrected chi connectivity index (χ3v) is 5.42. The molecule has 184 valence electrons. The molecular formula is C24H26F3N7O. The van der Waals surface area contributed by atoms with Gasteiger partial charge in [-0.3, -0.25) is 0 Å². The summed E-state index contributed by atoms with van der Waals surface area (Å²) in [6.07, 6.45) is -1.53. The van der Waals surface area contributed by atoms with Gasteiger partial charge in [-0.05, 0) is 32.3 Å². The van der Waals surface area contributed by atoms with E-state index in [4.69, 9.17) is 5.73 Å². The topological polar surface area (TPSA) is 95.3 Å². The molecule has 0 saturated carbocycles. The molecule has 4 rings (SSSR count). The molecular weight excluding hydrogens is 459 g/mol. The van der Waals surface area contributed by atoms with Gasteiger partial charge in [-0.2, -0.15) is 0 Å².